The van der Waals surface area contributed by atoms with Gasteiger partial charge in [-0.25, -0.2) is 0 Å². The number of carboxylic acid groups (broad SMARTS) is 1. The van der Waals surface area contributed by atoms with Crippen molar-refractivity contribution in [3.05, 3.63) is 0 Å². The summed E-state index contributed by atoms with van der Waals surface area (Å²) in [6, 6.07) is -0.816. The Bertz CT molecular complexity index is 83.7. The molecular weight excluding hydrogens is 284 g/mol. The monoisotopic (exact) mass is 296 g/mol. The molecular formula is C4H10NO2SSe2. The summed E-state index contributed by atoms with van der Waals surface area (Å²) >= 11 is 6.27. The second kappa shape index (κ2) is 12.5. The number of aliphatic carboxylic acids is 1. The molecule has 1 atom stereocenters. The zero-order chi connectivity index (χ0) is 7.86. The van der Waals surface area contributed by atoms with Crippen molar-refractivity contribution in [2.24, 2.45) is 5.73 Å². The second-order valence-corrected chi connectivity index (χ2v) is 1.49. The summed E-state index contributed by atoms with van der Waals surface area (Å²) in [7, 11) is 0. The third-order valence-electron chi connectivity index (χ3n) is 0.514. The Balaban J connectivity index is -0.000000149. The Morgan fingerprint density at radius 1 is 1.80 bits per heavy atom. The van der Waals surface area contributed by atoms with Crippen LogP contribution in [0.3, 0.4) is 0 Å². The fourth-order valence-electron chi connectivity index (χ4n) is 0.0781. The summed E-state index contributed by atoms with van der Waals surface area (Å²) in [5.74, 6) is 1.06. The van der Waals surface area contributed by atoms with Crippen LogP contribution in [0.2, 0.25) is 5.82 Å². The number of carbonyl (C=O) groups is 1. The van der Waals surface area contributed by atoms with Gasteiger partial charge in [0.05, 0.1) is 0 Å². The third-order valence-corrected chi connectivity index (χ3v) is 0.907. The van der Waals surface area contributed by atoms with Crippen molar-refractivity contribution in [3.8, 4) is 0 Å². The number of rotatable bonds is 2. The molecule has 0 rings (SSSR count). The van der Waals surface area contributed by atoms with E-state index in [0.29, 0.717) is 0 Å². The van der Waals surface area contributed by atoms with Crippen LogP contribution in [0.5, 0.6) is 0 Å². The molecule has 0 amide bonds. The first kappa shape index (κ1) is 17.1. The first-order valence-electron chi connectivity index (χ1n) is 2.18. The molecule has 0 saturated carbocycles. The predicted octanol–water partition coefficient (Wildman–Crippen LogP) is -0.850. The van der Waals surface area contributed by atoms with Crippen LogP contribution in [0.25, 0.3) is 0 Å². The molecule has 0 heterocycles. The maximum atomic E-state index is 9.76. The molecule has 0 saturated heterocycles. The van der Waals surface area contributed by atoms with Gasteiger partial charge < -0.3 is 10.8 Å². The summed E-state index contributed by atoms with van der Waals surface area (Å²) < 4.78 is 0. The van der Waals surface area contributed by atoms with Crippen molar-refractivity contribution in [2.75, 3.05) is 5.75 Å². The summed E-state index contributed by atoms with van der Waals surface area (Å²) in [5.41, 5.74) is 4.94. The molecule has 3 N–H and O–H groups in total. The van der Waals surface area contributed by atoms with Gasteiger partial charge in [0, 0.05) is 22.8 Å². The smallest absolute Gasteiger partial charge is 0.321 e. The van der Waals surface area contributed by atoms with Crippen molar-refractivity contribution in [1.82, 2.24) is 0 Å². The quantitative estimate of drug-likeness (QED) is 0.459. The molecule has 3 nitrogen and oxygen atoms in total. The average Bonchev–Trinajstić information content (AvgIpc) is 1.91. The van der Waals surface area contributed by atoms with Gasteiger partial charge in [0.2, 0.25) is 0 Å². The Morgan fingerprint density at radius 2 is 2.10 bits per heavy atom. The van der Waals surface area contributed by atoms with E-state index in [9.17, 15) is 4.79 Å². The van der Waals surface area contributed by atoms with E-state index in [2.05, 4.69) is 28.6 Å². The number of carboxylic acids is 1. The minimum atomic E-state index is -1.00. The van der Waals surface area contributed by atoms with Gasteiger partial charge in [0.25, 0.3) is 0 Å². The molecule has 0 unspecified atom stereocenters. The van der Waals surface area contributed by atoms with Gasteiger partial charge in [-0.05, 0) is 0 Å². The van der Waals surface area contributed by atoms with Crippen LogP contribution in [0.1, 0.15) is 0 Å². The van der Waals surface area contributed by atoms with Crippen LogP contribution in [0, 0.1) is 0 Å². The van der Waals surface area contributed by atoms with Crippen molar-refractivity contribution in [1.29, 1.82) is 0 Å². The van der Waals surface area contributed by atoms with Crippen LogP contribution in [-0.4, -0.2) is 56.0 Å². The third kappa shape index (κ3) is 11.6. The normalized spacial score (nSPS) is 10.0. The first-order chi connectivity index (χ1) is 4.18. The standard InChI is InChI=1S/C3H7NO2S.CH3Se.Se/c4-2(1-7)3(5)6;1-2;/h2,7H,1,4H2,(H,5,6);1H3;/t2-;;/m0../s1. The average molecular weight is 294 g/mol. The van der Waals surface area contributed by atoms with E-state index < -0.39 is 12.0 Å². The van der Waals surface area contributed by atoms with E-state index in [-0.39, 0.29) is 22.8 Å². The van der Waals surface area contributed by atoms with E-state index in [1.165, 1.54) is 0 Å². The van der Waals surface area contributed by atoms with Gasteiger partial charge >= 0.3 is 27.8 Å². The fourth-order valence-corrected chi connectivity index (χ4v) is 0.234. The van der Waals surface area contributed by atoms with Gasteiger partial charge in [-0.15, -0.1) is 0 Å². The minimum Gasteiger partial charge on any atom is -0.480 e. The molecule has 6 heteroatoms. The Morgan fingerprint density at radius 3 is 2.10 bits per heavy atom. The number of hydrogen-bond acceptors (Lipinski definition) is 3. The molecule has 0 aliphatic rings. The second-order valence-electron chi connectivity index (χ2n) is 1.13. The molecule has 61 valence electrons. The van der Waals surface area contributed by atoms with Crippen molar-refractivity contribution in [2.45, 2.75) is 11.9 Å². The van der Waals surface area contributed by atoms with Gasteiger partial charge in [-0.3, -0.25) is 4.79 Å². The Labute approximate surface area is 84.8 Å². The van der Waals surface area contributed by atoms with Gasteiger partial charge in [-0.1, -0.05) is 0 Å². The van der Waals surface area contributed by atoms with E-state index in [0.717, 1.165) is 0 Å². The molecule has 0 aromatic heterocycles. The molecule has 0 aliphatic carbocycles. The van der Waals surface area contributed by atoms with Crippen LogP contribution in [0.4, 0.5) is 0 Å². The molecule has 3 radical (unpaired) electrons. The summed E-state index contributed by atoms with van der Waals surface area (Å²) in [5, 5.41) is 8.01. The van der Waals surface area contributed by atoms with Crippen LogP contribution in [-0.2, 0) is 4.79 Å². The van der Waals surface area contributed by atoms with Crippen molar-refractivity contribution >= 4 is 51.7 Å². The Kier molecular flexibility index (Phi) is 21.3. The van der Waals surface area contributed by atoms with E-state index in [4.69, 9.17) is 10.8 Å². The van der Waals surface area contributed by atoms with E-state index in [1.807, 2.05) is 5.82 Å². The minimum absolute atomic E-state index is 0. The summed E-state index contributed by atoms with van der Waals surface area (Å²) in [6.07, 6.45) is 0. The number of hydrogen-bond donors (Lipinski definition) is 3. The SMILES string of the molecule is C[Se].N[C@@H](CS)C(=O)O.[Se]. The van der Waals surface area contributed by atoms with Crippen molar-refractivity contribution in [3.63, 3.8) is 0 Å². The van der Waals surface area contributed by atoms with Crippen LogP contribution < -0.4 is 5.73 Å². The topological polar surface area (TPSA) is 63.3 Å². The molecule has 0 spiro atoms. The van der Waals surface area contributed by atoms with Crippen molar-refractivity contribution < 1.29 is 9.90 Å². The maximum absolute atomic E-state index is 9.76. The van der Waals surface area contributed by atoms with Crippen LogP contribution >= 0.6 is 12.6 Å². The molecule has 0 bridgehead atoms. The summed E-state index contributed by atoms with van der Waals surface area (Å²) in [6.45, 7) is 0. The predicted molar refractivity (Wildman–Crippen MR) is 46.8 cm³/mol. The largest absolute Gasteiger partial charge is 0.480 e. The number of thiol groups is 1. The zero-order valence-corrected chi connectivity index (χ0v) is 9.80. The molecule has 10 heavy (non-hydrogen) atoms. The van der Waals surface area contributed by atoms with Crippen LogP contribution in [0.15, 0.2) is 0 Å². The van der Waals surface area contributed by atoms with E-state index in [1.54, 1.807) is 0 Å². The van der Waals surface area contributed by atoms with Gasteiger partial charge in [0.15, 0.2) is 0 Å². The van der Waals surface area contributed by atoms with E-state index >= 15 is 0 Å². The van der Waals surface area contributed by atoms with Gasteiger partial charge in [-0.2, -0.15) is 12.6 Å². The zero-order valence-electron chi connectivity index (χ0n) is 5.48. The molecule has 0 fully saturated rings. The first-order valence-corrected chi connectivity index (χ1v) is 4.53. The summed E-state index contributed by atoms with van der Waals surface area (Å²) in [4.78, 5) is 9.76. The Hall–Kier alpha value is 0.819. The molecule has 0 aliphatic heterocycles. The van der Waals surface area contributed by atoms with Gasteiger partial charge in [0.1, 0.15) is 6.04 Å². The molecule has 0 aromatic rings. The number of nitrogens with two attached hydrogens (primary N) is 1. The maximum Gasteiger partial charge on any atom is 0.321 e. The fraction of sp³-hybridized carbons (Fsp3) is 0.750. The molecule has 0 aromatic carbocycles.